The number of carbonyl (C=O) groups excluding carboxylic acids is 1. The standard InChI is InChI=1S/C16H18N2O2/c1-18(9-10-19)16(20)17-14-8-7-12-6-5-11-3-2-4-13(14)15(11)12/h2-4,7-8,19H,5-6,9-10H2,1H3,(H,17,20). The first-order valence-corrected chi connectivity index (χ1v) is 6.87. The minimum Gasteiger partial charge on any atom is -0.395 e. The number of aliphatic hydroxyl groups is 1. The second kappa shape index (κ2) is 5.13. The van der Waals surface area contributed by atoms with Crippen LogP contribution < -0.4 is 5.32 Å². The Bertz CT molecular complexity index is 657. The lowest BCUT2D eigenvalue weighted by Gasteiger charge is -2.18. The van der Waals surface area contributed by atoms with Gasteiger partial charge in [-0.25, -0.2) is 4.79 Å². The molecule has 0 unspecified atom stereocenters. The van der Waals surface area contributed by atoms with Crippen LogP contribution in [0, 0.1) is 0 Å². The highest BCUT2D eigenvalue weighted by molar-refractivity contribution is 6.04. The molecule has 0 spiro atoms. The minimum absolute atomic E-state index is 0.0340. The van der Waals surface area contributed by atoms with Crippen molar-refractivity contribution in [2.45, 2.75) is 12.8 Å². The average molecular weight is 270 g/mol. The summed E-state index contributed by atoms with van der Waals surface area (Å²) in [6.45, 7) is 0.293. The molecule has 0 bridgehead atoms. The summed E-state index contributed by atoms with van der Waals surface area (Å²) in [4.78, 5) is 13.5. The van der Waals surface area contributed by atoms with Crippen LogP contribution in [-0.4, -0.2) is 36.2 Å². The summed E-state index contributed by atoms with van der Waals surface area (Å²) in [7, 11) is 1.67. The molecule has 3 rings (SSSR count). The van der Waals surface area contributed by atoms with E-state index in [1.54, 1.807) is 7.05 Å². The Morgan fingerprint density at radius 2 is 2.00 bits per heavy atom. The van der Waals surface area contributed by atoms with Gasteiger partial charge in [0.15, 0.2) is 0 Å². The van der Waals surface area contributed by atoms with Gasteiger partial charge in [0, 0.05) is 19.0 Å². The molecule has 1 aliphatic rings. The molecule has 2 N–H and O–H groups in total. The molecule has 0 heterocycles. The number of hydrogen-bond acceptors (Lipinski definition) is 2. The van der Waals surface area contributed by atoms with E-state index in [-0.39, 0.29) is 12.6 Å². The number of hydrogen-bond donors (Lipinski definition) is 2. The fourth-order valence-electron chi connectivity index (χ4n) is 2.82. The SMILES string of the molecule is CN(CCO)C(=O)Nc1ccc2c3c(cccc13)CC2. The first-order valence-electron chi connectivity index (χ1n) is 6.87. The summed E-state index contributed by atoms with van der Waals surface area (Å²) in [5, 5.41) is 14.2. The number of benzene rings is 2. The Kier molecular flexibility index (Phi) is 3.32. The molecule has 0 saturated heterocycles. The molecule has 20 heavy (non-hydrogen) atoms. The molecule has 0 aromatic heterocycles. The van der Waals surface area contributed by atoms with Gasteiger partial charge in [0.1, 0.15) is 0 Å². The highest BCUT2D eigenvalue weighted by Gasteiger charge is 2.17. The number of nitrogens with zero attached hydrogens (tertiary/aromatic N) is 1. The van der Waals surface area contributed by atoms with Crippen LogP contribution in [0.1, 0.15) is 11.1 Å². The van der Waals surface area contributed by atoms with E-state index in [0.29, 0.717) is 6.54 Å². The maximum Gasteiger partial charge on any atom is 0.321 e. The van der Waals surface area contributed by atoms with Crippen molar-refractivity contribution in [1.29, 1.82) is 0 Å². The molecule has 0 aliphatic heterocycles. The predicted octanol–water partition coefficient (Wildman–Crippen LogP) is 2.39. The normalized spacial score (nSPS) is 12.7. The maximum atomic E-state index is 12.0. The van der Waals surface area contributed by atoms with Crippen molar-refractivity contribution in [3.63, 3.8) is 0 Å². The summed E-state index contributed by atoms with van der Waals surface area (Å²) >= 11 is 0. The quantitative estimate of drug-likeness (QED) is 0.899. The zero-order valence-corrected chi connectivity index (χ0v) is 11.5. The van der Waals surface area contributed by atoms with Crippen molar-refractivity contribution in [3.8, 4) is 0 Å². The van der Waals surface area contributed by atoms with Crippen LogP contribution in [0.5, 0.6) is 0 Å². The summed E-state index contributed by atoms with van der Waals surface area (Å²) in [6, 6.07) is 10.1. The number of urea groups is 1. The van der Waals surface area contributed by atoms with Crippen molar-refractivity contribution in [3.05, 3.63) is 41.5 Å². The Morgan fingerprint density at radius 1 is 1.25 bits per heavy atom. The second-order valence-electron chi connectivity index (χ2n) is 5.19. The number of rotatable bonds is 3. The van der Waals surface area contributed by atoms with Gasteiger partial charge in [-0.15, -0.1) is 0 Å². The Labute approximate surface area is 118 Å². The van der Waals surface area contributed by atoms with E-state index >= 15 is 0 Å². The largest absolute Gasteiger partial charge is 0.395 e. The van der Waals surface area contributed by atoms with Crippen LogP contribution in [0.3, 0.4) is 0 Å². The molecule has 2 amide bonds. The number of anilines is 1. The molecule has 104 valence electrons. The Morgan fingerprint density at radius 3 is 2.75 bits per heavy atom. The highest BCUT2D eigenvalue weighted by atomic mass is 16.3. The minimum atomic E-state index is -0.197. The van der Waals surface area contributed by atoms with Crippen LogP contribution in [0.15, 0.2) is 30.3 Å². The molecule has 1 aliphatic carbocycles. The molecular formula is C16H18N2O2. The third-order valence-electron chi connectivity index (χ3n) is 3.90. The van der Waals surface area contributed by atoms with Crippen LogP contribution >= 0.6 is 0 Å². The van der Waals surface area contributed by atoms with E-state index in [9.17, 15) is 4.79 Å². The van der Waals surface area contributed by atoms with Gasteiger partial charge in [-0.1, -0.05) is 24.3 Å². The number of carbonyl (C=O) groups is 1. The van der Waals surface area contributed by atoms with E-state index in [0.717, 1.165) is 23.9 Å². The van der Waals surface area contributed by atoms with Crippen LogP contribution in [-0.2, 0) is 12.8 Å². The van der Waals surface area contributed by atoms with Crippen LogP contribution in [0.25, 0.3) is 10.8 Å². The van der Waals surface area contributed by atoms with E-state index in [1.807, 2.05) is 12.1 Å². The third kappa shape index (κ3) is 2.12. The fraction of sp³-hybridized carbons (Fsp3) is 0.312. The van der Waals surface area contributed by atoms with Crippen LogP contribution in [0.4, 0.5) is 10.5 Å². The zero-order chi connectivity index (χ0) is 14.1. The van der Waals surface area contributed by atoms with Crippen molar-refractivity contribution >= 4 is 22.5 Å². The Hall–Kier alpha value is -2.07. The first-order chi connectivity index (χ1) is 9.70. The Balaban J connectivity index is 1.96. The lowest BCUT2D eigenvalue weighted by molar-refractivity contribution is 0.202. The lowest BCUT2D eigenvalue weighted by atomic mass is 10.0. The number of aliphatic hydroxyl groups excluding tert-OH is 1. The van der Waals surface area contributed by atoms with E-state index in [4.69, 9.17) is 5.11 Å². The molecule has 0 fully saturated rings. The van der Waals surface area contributed by atoms with Crippen molar-refractivity contribution in [2.24, 2.45) is 0 Å². The van der Waals surface area contributed by atoms with E-state index in [1.165, 1.54) is 21.4 Å². The molecule has 0 atom stereocenters. The van der Waals surface area contributed by atoms with Gasteiger partial charge in [-0.05, 0) is 35.4 Å². The average Bonchev–Trinajstić information content (AvgIpc) is 2.87. The molecule has 4 heteroatoms. The van der Waals surface area contributed by atoms with Crippen LogP contribution in [0.2, 0.25) is 0 Å². The molecule has 2 aromatic rings. The van der Waals surface area contributed by atoms with Crippen molar-refractivity contribution < 1.29 is 9.90 Å². The van der Waals surface area contributed by atoms with Crippen molar-refractivity contribution in [1.82, 2.24) is 4.90 Å². The van der Waals surface area contributed by atoms with E-state index < -0.39 is 0 Å². The molecular weight excluding hydrogens is 252 g/mol. The monoisotopic (exact) mass is 270 g/mol. The summed E-state index contributed by atoms with van der Waals surface area (Å²) in [5.74, 6) is 0. The number of amides is 2. The number of likely N-dealkylation sites (N-methyl/N-ethyl adjacent to an activating group) is 1. The smallest absolute Gasteiger partial charge is 0.321 e. The zero-order valence-electron chi connectivity index (χ0n) is 11.5. The molecule has 4 nitrogen and oxygen atoms in total. The maximum absolute atomic E-state index is 12.0. The number of aryl methyl sites for hydroxylation is 2. The summed E-state index contributed by atoms with van der Waals surface area (Å²) in [5.41, 5.74) is 3.55. The molecule has 2 aromatic carbocycles. The molecule has 0 radical (unpaired) electrons. The fourth-order valence-corrected chi connectivity index (χ4v) is 2.82. The van der Waals surface area contributed by atoms with Gasteiger partial charge in [0.25, 0.3) is 0 Å². The predicted molar refractivity (Wildman–Crippen MR) is 80.1 cm³/mol. The summed E-state index contributed by atoms with van der Waals surface area (Å²) in [6.07, 6.45) is 2.16. The van der Waals surface area contributed by atoms with Gasteiger partial charge in [-0.2, -0.15) is 0 Å². The second-order valence-corrected chi connectivity index (χ2v) is 5.19. The third-order valence-corrected chi connectivity index (χ3v) is 3.90. The van der Waals surface area contributed by atoms with Crippen molar-refractivity contribution in [2.75, 3.05) is 25.5 Å². The van der Waals surface area contributed by atoms with Gasteiger partial charge in [0.2, 0.25) is 0 Å². The van der Waals surface area contributed by atoms with E-state index in [2.05, 4.69) is 23.5 Å². The van der Waals surface area contributed by atoms with Gasteiger partial charge in [-0.3, -0.25) is 0 Å². The number of nitrogens with one attached hydrogen (secondary N) is 1. The van der Waals surface area contributed by atoms with Gasteiger partial charge < -0.3 is 15.3 Å². The highest BCUT2D eigenvalue weighted by Crippen LogP contribution is 2.34. The molecule has 0 saturated carbocycles. The first kappa shape index (κ1) is 12.9. The topological polar surface area (TPSA) is 52.6 Å². The lowest BCUT2D eigenvalue weighted by Crippen LogP contribution is -2.33. The summed E-state index contributed by atoms with van der Waals surface area (Å²) < 4.78 is 0. The van der Waals surface area contributed by atoms with Gasteiger partial charge in [0.05, 0.1) is 12.3 Å². The van der Waals surface area contributed by atoms with Gasteiger partial charge >= 0.3 is 6.03 Å².